The molecular formula is C13H21F2N3. The van der Waals surface area contributed by atoms with Gasteiger partial charge in [-0.2, -0.15) is 0 Å². The lowest BCUT2D eigenvalue weighted by molar-refractivity contribution is 0.299. The van der Waals surface area contributed by atoms with E-state index in [1.165, 1.54) is 0 Å². The number of nitrogen functional groups attached to an aromatic ring is 1. The molecule has 0 heterocycles. The van der Waals surface area contributed by atoms with E-state index in [2.05, 4.69) is 24.1 Å². The van der Waals surface area contributed by atoms with Crippen LogP contribution in [0.4, 0.5) is 20.2 Å². The van der Waals surface area contributed by atoms with Gasteiger partial charge in [-0.05, 0) is 31.6 Å². The summed E-state index contributed by atoms with van der Waals surface area (Å²) < 4.78 is 26.9. The SMILES string of the molecule is CCCN(CC)CCNc1c(F)cc(N)cc1F. The van der Waals surface area contributed by atoms with Crippen LogP contribution in [0.15, 0.2) is 12.1 Å². The van der Waals surface area contributed by atoms with Crippen LogP contribution in [-0.2, 0) is 0 Å². The van der Waals surface area contributed by atoms with Crippen molar-refractivity contribution >= 4 is 11.4 Å². The molecule has 0 aromatic heterocycles. The molecule has 0 spiro atoms. The fraction of sp³-hybridized carbons (Fsp3) is 0.538. The zero-order chi connectivity index (χ0) is 13.5. The predicted molar refractivity (Wildman–Crippen MR) is 71.7 cm³/mol. The Morgan fingerprint density at radius 1 is 1.17 bits per heavy atom. The second-order valence-corrected chi connectivity index (χ2v) is 4.22. The third-order valence-electron chi connectivity index (χ3n) is 2.78. The Bertz CT molecular complexity index is 359. The number of nitrogens with two attached hydrogens (primary N) is 1. The van der Waals surface area contributed by atoms with Crippen LogP contribution in [0.1, 0.15) is 20.3 Å². The van der Waals surface area contributed by atoms with Gasteiger partial charge in [-0.25, -0.2) is 8.78 Å². The Kier molecular flexibility index (Phi) is 5.85. The number of anilines is 2. The average Bonchev–Trinajstić information content (AvgIpc) is 2.31. The van der Waals surface area contributed by atoms with Crippen molar-refractivity contribution in [1.82, 2.24) is 4.90 Å². The monoisotopic (exact) mass is 257 g/mol. The number of nitrogens with zero attached hydrogens (tertiary/aromatic N) is 1. The number of hydrogen-bond donors (Lipinski definition) is 2. The molecule has 0 aliphatic rings. The third-order valence-corrected chi connectivity index (χ3v) is 2.78. The van der Waals surface area contributed by atoms with Crippen LogP contribution in [0.3, 0.4) is 0 Å². The van der Waals surface area contributed by atoms with Gasteiger partial charge >= 0.3 is 0 Å². The van der Waals surface area contributed by atoms with Crippen LogP contribution < -0.4 is 11.1 Å². The average molecular weight is 257 g/mol. The van der Waals surface area contributed by atoms with Crippen molar-refractivity contribution in [3.8, 4) is 0 Å². The first-order valence-electron chi connectivity index (χ1n) is 6.29. The Hall–Kier alpha value is -1.36. The standard InChI is InChI=1S/C13H21F2N3/c1-3-6-18(4-2)7-5-17-13-11(14)8-10(16)9-12(13)15/h8-9,17H,3-7,16H2,1-2H3. The smallest absolute Gasteiger partial charge is 0.151 e. The highest BCUT2D eigenvalue weighted by molar-refractivity contribution is 5.53. The van der Waals surface area contributed by atoms with Gasteiger partial charge in [0.1, 0.15) is 5.69 Å². The number of rotatable bonds is 7. The van der Waals surface area contributed by atoms with Crippen LogP contribution >= 0.6 is 0 Å². The van der Waals surface area contributed by atoms with E-state index >= 15 is 0 Å². The van der Waals surface area contributed by atoms with Crippen LogP contribution in [0.2, 0.25) is 0 Å². The molecule has 1 aromatic rings. The minimum atomic E-state index is -0.647. The van der Waals surface area contributed by atoms with Crippen molar-refractivity contribution in [3.05, 3.63) is 23.8 Å². The van der Waals surface area contributed by atoms with Crippen LogP contribution in [0, 0.1) is 11.6 Å². The van der Waals surface area contributed by atoms with E-state index in [9.17, 15) is 8.78 Å². The molecule has 3 nitrogen and oxygen atoms in total. The zero-order valence-electron chi connectivity index (χ0n) is 11.0. The summed E-state index contributed by atoms with van der Waals surface area (Å²) in [4.78, 5) is 2.22. The minimum absolute atomic E-state index is 0.0942. The first-order chi connectivity index (χ1) is 8.58. The highest BCUT2D eigenvalue weighted by atomic mass is 19.1. The zero-order valence-corrected chi connectivity index (χ0v) is 11.0. The molecule has 3 N–H and O–H groups in total. The van der Waals surface area contributed by atoms with Gasteiger partial charge in [0.2, 0.25) is 0 Å². The van der Waals surface area contributed by atoms with Crippen molar-refractivity contribution in [2.75, 3.05) is 37.2 Å². The first-order valence-corrected chi connectivity index (χ1v) is 6.29. The second-order valence-electron chi connectivity index (χ2n) is 4.22. The van der Waals surface area contributed by atoms with E-state index in [1.54, 1.807) is 0 Å². The molecule has 0 unspecified atom stereocenters. The number of nitrogens with one attached hydrogen (secondary N) is 1. The molecule has 5 heteroatoms. The molecule has 1 aromatic carbocycles. The summed E-state index contributed by atoms with van der Waals surface area (Å²) in [5.41, 5.74) is 5.34. The molecule has 102 valence electrons. The van der Waals surface area contributed by atoms with Gasteiger partial charge in [0.25, 0.3) is 0 Å². The molecule has 0 radical (unpaired) electrons. The number of halogens is 2. The summed E-state index contributed by atoms with van der Waals surface area (Å²) in [6.45, 7) is 7.36. The summed E-state index contributed by atoms with van der Waals surface area (Å²) in [6.07, 6.45) is 1.07. The Morgan fingerprint density at radius 3 is 2.28 bits per heavy atom. The number of hydrogen-bond acceptors (Lipinski definition) is 3. The van der Waals surface area contributed by atoms with E-state index in [1.807, 2.05) is 0 Å². The van der Waals surface area contributed by atoms with Crippen molar-refractivity contribution in [3.63, 3.8) is 0 Å². The summed E-state index contributed by atoms with van der Waals surface area (Å²) in [7, 11) is 0. The molecule has 0 amide bonds. The first kappa shape index (κ1) is 14.7. The van der Waals surface area contributed by atoms with Crippen LogP contribution in [0.5, 0.6) is 0 Å². The quantitative estimate of drug-likeness (QED) is 0.738. The molecule has 0 saturated heterocycles. The maximum absolute atomic E-state index is 13.5. The predicted octanol–water partition coefficient (Wildman–Crippen LogP) is 2.69. The van der Waals surface area contributed by atoms with Gasteiger partial charge in [0.15, 0.2) is 11.6 Å². The van der Waals surface area contributed by atoms with Gasteiger partial charge in [-0.1, -0.05) is 13.8 Å². The van der Waals surface area contributed by atoms with Crippen molar-refractivity contribution < 1.29 is 8.78 Å². The highest BCUT2D eigenvalue weighted by Crippen LogP contribution is 2.21. The lowest BCUT2D eigenvalue weighted by Crippen LogP contribution is -2.29. The van der Waals surface area contributed by atoms with Gasteiger partial charge in [0.05, 0.1) is 0 Å². The Labute approximate surface area is 107 Å². The van der Waals surface area contributed by atoms with E-state index in [0.717, 1.165) is 38.2 Å². The fourth-order valence-corrected chi connectivity index (χ4v) is 1.84. The maximum atomic E-state index is 13.5. The van der Waals surface area contributed by atoms with Crippen molar-refractivity contribution in [2.24, 2.45) is 0 Å². The third kappa shape index (κ3) is 4.14. The molecular weight excluding hydrogens is 236 g/mol. The van der Waals surface area contributed by atoms with E-state index in [-0.39, 0.29) is 11.4 Å². The molecule has 0 bridgehead atoms. The molecule has 0 fully saturated rings. The minimum Gasteiger partial charge on any atom is -0.399 e. The fourth-order valence-electron chi connectivity index (χ4n) is 1.84. The Balaban J connectivity index is 2.53. The van der Waals surface area contributed by atoms with Crippen molar-refractivity contribution in [2.45, 2.75) is 20.3 Å². The second kappa shape index (κ2) is 7.16. The highest BCUT2D eigenvalue weighted by Gasteiger charge is 2.10. The van der Waals surface area contributed by atoms with E-state index in [0.29, 0.717) is 6.54 Å². The number of likely N-dealkylation sites (N-methyl/N-ethyl adjacent to an activating group) is 1. The summed E-state index contributed by atoms with van der Waals surface area (Å²) in [5, 5.41) is 2.78. The Morgan fingerprint density at radius 2 is 1.78 bits per heavy atom. The normalized spacial score (nSPS) is 10.9. The molecule has 0 aliphatic carbocycles. The lowest BCUT2D eigenvalue weighted by Gasteiger charge is -2.20. The van der Waals surface area contributed by atoms with E-state index < -0.39 is 11.6 Å². The summed E-state index contributed by atoms with van der Waals surface area (Å²) in [5.74, 6) is -1.29. The van der Waals surface area contributed by atoms with Crippen LogP contribution in [0.25, 0.3) is 0 Å². The number of benzene rings is 1. The summed E-state index contributed by atoms with van der Waals surface area (Å²) in [6, 6.07) is 2.24. The van der Waals surface area contributed by atoms with Gasteiger partial charge < -0.3 is 16.0 Å². The van der Waals surface area contributed by atoms with E-state index in [4.69, 9.17) is 5.73 Å². The molecule has 0 aliphatic heterocycles. The largest absolute Gasteiger partial charge is 0.399 e. The molecule has 1 rings (SSSR count). The van der Waals surface area contributed by atoms with Gasteiger partial charge in [-0.3, -0.25) is 0 Å². The van der Waals surface area contributed by atoms with Crippen molar-refractivity contribution in [1.29, 1.82) is 0 Å². The van der Waals surface area contributed by atoms with Gasteiger partial charge in [-0.15, -0.1) is 0 Å². The van der Waals surface area contributed by atoms with Crippen LogP contribution in [-0.4, -0.2) is 31.1 Å². The molecule has 0 atom stereocenters. The maximum Gasteiger partial charge on any atom is 0.151 e. The molecule has 18 heavy (non-hydrogen) atoms. The van der Waals surface area contributed by atoms with Gasteiger partial charge in [0, 0.05) is 18.8 Å². The summed E-state index contributed by atoms with van der Waals surface area (Å²) >= 11 is 0. The lowest BCUT2D eigenvalue weighted by atomic mass is 10.2. The molecule has 0 saturated carbocycles. The topological polar surface area (TPSA) is 41.3 Å².